The van der Waals surface area contributed by atoms with E-state index in [0.717, 1.165) is 11.1 Å². The van der Waals surface area contributed by atoms with Gasteiger partial charge in [-0.1, -0.05) is 6.07 Å². The predicted octanol–water partition coefficient (Wildman–Crippen LogP) is 3.33. The van der Waals surface area contributed by atoms with Crippen LogP contribution in [0.15, 0.2) is 36.4 Å². The van der Waals surface area contributed by atoms with Crippen molar-refractivity contribution in [1.82, 2.24) is 15.2 Å². The molecular formula is C21H26N4O4. The van der Waals surface area contributed by atoms with Gasteiger partial charge in [-0.3, -0.25) is 5.10 Å². The van der Waals surface area contributed by atoms with E-state index in [1.165, 1.54) is 0 Å². The molecule has 3 N–H and O–H groups in total. The molecule has 0 saturated carbocycles. The van der Waals surface area contributed by atoms with Crippen LogP contribution in [0.25, 0.3) is 11.4 Å². The number of aromatic nitrogens is 3. The molecule has 1 heterocycles. The minimum absolute atomic E-state index is 0.495. The highest BCUT2D eigenvalue weighted by atomic mass is 16.5. The number of hydrogen-bond acceptors (Lipinski definition) is 7. The lowest BCUT2D eigenvalue weighted by Gasteiger charge is -2.13. The first-order valence-corrected chi connectivity index (χ1v) is 9.41. The van der Waals surface area contributed by atoms with Crippen LogP contribution < -0.4 is 24.7 Å². The number of aromatic amines is 1. The van der Waals surface area contributed by atoms with E-state index >= 15 is 0 Å². The Kier molecular flexibility index (Phi) is 6.56. The minimum atomic E-state index is -0.495. The zero-order valence-electron chi connectivity index (χ0n) is 17.1. The summed E-state index contributed by atoms with van der Waals surface area (Å²) in [6, 6.07) is 10.6. The molecule has 0 spiro atoms. The van der Waals surface area contributed by atoms with Gasteiger partial charge in [0.05, 0.1) is 33.5 Å². The molecule has 0 aliphatic heterocycles. The fraction of sp³-hybridized carbons (Fsp3) is 0.333. The molecule has 0 fully saturated rings. The van der Waals surface area contributed by atoms with E-state index in [-0.39, 0.29) is 0 Å². The van der Waals surface area contributed by atoms with E-state index in [4.69, 9.17) is 24.7 Å². The summed E-state index contributed by atoms with van der Waals surface area (Å²) >= 11 is 0. The van der Waals surface area contributed by atoms with E-state index in [2.05, 4.69) is 15.2 Å². The zero-order chi connectivity index (χ0) is 20.8. The van der Waals surface area contributed by atoms with Gasteiger partial charge in [0.15, 0.2) is 28.8 Å². The monoisotopic (exact) mass is 398 g/mol. The summed E-state index contributed by atoms with van der Waals surface area (Å²) in [5.41, 5.74) is 8.03. The van der Waals surface area contributed by atoms with Gasteiger partial charge in [-0.15, -0.1) is 0 Å². The molecule has 0 aliphatic carbocycles. The molecule has 2 aromatic carbocycles. The van der Waals surface area contributed by atoms with Gasteiger partial charge < -0.3 is 24.7 Å². The number of benzene rings is 2. The molecule has 8 nitrogen and oxygen atoms in total. The van der Waals surface area contributed by atoms with Gasteiger partial charge in [0.25, 0.3) is 0 Å². The molecule has 3 rings (SSSR count). The van der Waals surface area contributed by atoms with Crippen molar-refractivity contribution >= 4 is 0 Å². The fourth-order valence-electron chi connectivity index (χ4n) is 2.93. The van der Waals surface area contributed by atoms with Crippen molar-refractivity contribution in [3.8, 4) is 34.4 Å². The third-order valence-electron chi connectivity index (χ3n) is 4.37. The summed E-state index contributed by atoms with van der Waals surface area (Å²) < 4.78 is 21.9. The van der Waals surface area contributed by atoms with Gasteiger partial charge in [-0.2, -0.15) is 5.10 Å². The largest absolute Gasteiger partial charge is 0.493 e. The highest BCUT2D eigenvalue weighted by Gasteiger charge is 2.18. The van der Waals surface area contributed by atoms with Crippen molar-refractivity contribution in [3.63, 3.8) is 0 Å². The number of H-pyrrole nitrogens is 1. The smallest absolute Gasteiger partial charge is 0.181 e. The number of nitrogens with two attached hydrogens (primary N) is 1. The van der Waals surface area contributed by atoms with E-state index in [0.29, 0.717) is 47.9 Å². The average Bonchev–Trinajstić information content (AvgIpc) is 3.24. The van der Waals surface area contributed by atoms with Crippen molar-refractivity contribution < 1.29 is 18.9 Å². The van der Waals surface area contributed by atoms with Gasteiger partial charge in [-0.25, -0.2) is 4.98 Å². The lowest BCUT2D eigenvalue weighted by molar-refractivity contribution is 0.310. The molecular weight excluding hydrogens is 372 g/mol. The lowest BCUT2D eigenvalue weighted by atomic mass is 10.1. The Hall–Kier alpha value is -3.26. The molecule has 0 bridgehead atoms. The summed E-state index contributed by atoms with van der Waals surface area (Å²) in [7, 11) is 3.19. The molecule has 0 unspecified atom stereocenters. The molecule has 0 aliphatic rings. The van der Waals surface area contributed by atoms with Gasteiger partial charge in [-0.05, 0) is 49.7 Å². The second-order valence-corrected chi connectivity index (χ2v) is 6.16. The van der Waals surface area contributed by atoms with Gasteiger partial charge >= 0.3 is 0 Å². The van der Waals surface area contributed by atoms with Crippen LogP contribution in [0.2, 0.25) is 0 Å². The normalized spacial score (nSPS) is 11.8. The second-order valence-electron chi connectivity index (χ2n) is 6.16. The van der Waals surface area contributed by atoms with Crippen LogP contribution in [0.3, 0.4) is 0 Å². The highest BCUT2D eigenvalue weighted by molar-refractivity contribution is 5.61. The quantitative estimate of drug-likeness (QED) is 0.569. The molecule has 8 heteroatoms. The van der Waals surface area contributed by atoms with Crippen LogP contribution in [0.4, 0.5) is 0 Å². The molecule has 154 valence electrons. The van der Waals surface area contributed by atoms with E-state index in [1.807, 2.05) is 50.2 Å². The molecule has 0 amide bonds. The Morgan fingerprint density at radius 3 is 2.14 bits per heavy atom. The maximum absolute atomic E-state index is 6.40. The van der Waals surface area contributed by atoms with Crippen molar-refractivity contribution in [2.75, 3.05) is 27.4 Å². The molecule has 0 radical (unpaired) electrons. The van der Waals surface area contributed by atoms with Crippen molar-refractivity contribution in [2.45, 2.75) is 19.9 Å². The summed E-state index contributed by atoms with van der Waals surface area (Å²) in [6.07, 6.45) is 0. The summed E-state index contributed by atoms with van der Waals surface area (Å²) in [5.74, 6) is 3.65. The SMILES string of the molecule is CCOc1ccc(-c2n[nH]c([C@H](N)c3ccc(OCC)c(OC)c3)n2)cc1OC. The van der Waals surface area contributed by atoms with Crippen LogP contribution in [0.5, 0.6) is 23.0 Å². The van der Waals surface area contributed by atoms with E-state index < -0.39 is 6.04 Å². The zero-order valence-corrected chi connectivity index (χ0v) is 17.1. The highest BCUT2D eigenvalue weighted by Crippen LogP contribution is 2.33. The van der Waals surface area contributed by atoms with Crippen molar-refractivity contribution in [3.05, 3.63) is 47.8 Å². The first-order chi connectivity index (χ1) is 14.1. The molecule has 1 atom stereocenters. The van der Waals surface area contributed by atoms with Crippen molar-refractivity contribution in [1.29, 1.82) is 0 Å². The predicted molar refractivity (Wildman–Crippen MR) is 110 cm³/mol. The van der Waals surface area contributed by atoms with Crippen molar-refractivity contribution in [2.24, 2.45) is 5.73 Å². The number of nitrogens with zero attached hydrogens (tertiary/aromatic N) is 2. The van der Waals surface area contributed by atoms with Crippen LogP contribution in [-0.4, -0.2) is 42.6 Å². The summed E-state index contributed by atoms with van der Waals surface area (Å²) in [4.78, 5) is 4.56. The molecule has 29 heavy (non-hydrogen) atoms. The summed E-state index contributed by atoms with van der Waals surface area (Å²) in [5, 5.41) is 7.23. The molecule has 0 saturated heterocycles. The van der Waals surface area contributed by atoms with Gasteiger partial charge in [0.1, 0.15) is 5.82 Å². The van der Waals surface area contributed by atoms with Gasteiger partial charge in [0, 0.05) is 5.56 Å². The standard InChI is InChI=1S/C21H26N4O4/c1-5-28-15-9-7-13(11-17(15)26-3)19(22)21-23-20(24-25-21)14-8-10-16(29-6-2)18(12-14)27-4/h7-12,19H,5-6,22H2,1-4H3,(H,23,24,25)/t19-/m1/s1. The van der Waals surface area contributed by atoms with Crippen LogP contribution in [-0.2, 0) is 0 Å². The Morgan fingerprint density at radius 2 is 1.52 bits per heavy atom. The summed E-state index contributed by atoms with van der Waals surface area (Å²) in [6.45, 7) is 4.96. The Balaban J connectivity index is 1.86. The third-order valence-corrected chi connectivity index (χ3v) is 4.37. The van der Waals surface area contributed by atoms with Crippen LogP contribution in [0, 0.1) is 0 Å². The number of methoxy groups -OCH3 is 2. The maximum atomic E-state index is 6.40. The topological polar surface area (TPSA) is 105 Å². The lowest BCUT2D eigenvalue weighted by Crippen LogP contribution is -2.14. The fourth-order valence-corrected chi connectivity index (χ4v) is 2.93. The first-order valence-electron chi connectivity index (χ1n) is 9.41. The number of hydrogen-bond donors (Lipinski definition) is 2. The molecule has 3 aromatic rings. The Morgan fingerprint density at radius 1 is 0.897 bits per heavy atom. The minimum Gasteiger partial charge on any atom is -0.493 e. The Bertz CT molecular complexity index is 958. The van der Waals surface area contributed by atoms with Crippen LogP contribution in [0.1, 0.15) is 31.3 Å². The second kappa shape index (κ2) is 9.29. The average molecular weight is 398 g/mol. The number of nitrogens with one attached hydrogen (secondary N) is 1. The number of ether oxygens (including phenoxy) is 4. The van der Waals surface area contributed by atoms with E-state index in [9.17, 15) is 0 Å². The maximum Gasteiger partial charge on any atom is 0.181 e. The Labute approximate surface area is 170 Å². The first kappa shape index (κ1) is 20.5. The third kappa shape index (κ3) is 4.43. The van der Waals surface area contributed by atoms with Gasteiger partial charge in [0.2, 0.25) is 0 Å². The molecule has 1 aromatic heterocycles. The van der Waals surface area contributed by atoms with Crippen LogP contribution >= 0.6 is 0 Å². The van der Waals surface area contributed by atoms with E-state index in [1.54, 1.807) is 14.2 Å². The number of rotatable bonds is 9.